The van der Waals surface area contributed by atoms with E-state index in [2.05, 4.69) is 49.2 Å². The highest BCUT2D eigenvalue weighted by molar-refractivity contribution is 5.38. The molecule has 1 aliphatic heterocycles. The van der Waals surface area contributed by atoms with Crippen molar-refractivity contribution in [3.05, 3.63) is 29.3 Å². The van der Waals surface area contributed by atoms with E-state index in [4.69, 9.17) is 4.74 Å². The molecule has 0 saturated carbocycles. The molecule has 1 aromatic carbocycles. The zero-order chi connectivity index (χ0) is 13.7. The molecule has 1 aliphatic rings. The normalized spacial score (nSPS) is 18.3. The average Bonchev–Trinajstić information content (AvgIpc) is 2.43. The van der Waals surface area contributed by atoms with E-state index in [-0.39, 0.29) is 6.10 Å². The lowest BCUT2D eigenvalue weighted by molar-refractivity contribution is 0.166. The molecule has 1 atom stereocenters. The predicted molar refractivity (Wildman–Crippen MR) is 79.9 cm³/mol. The van der Waals surface area contributed by atoms with Crippen molar-refractivity contribution < 1.29 is 4.74 Å². The number of nitrogens with zero attached hydrogens (tertiary/aromatic N) is 1. The number of benzene rings is 1. The van der Waals surface area contributed by atoms with Gasteiger partial charge in [-0.05, 0) is 44.4 Å². The molecule has 0 bridgehead atoms. The molecular formula is C16H26N2O. The van der Waals surface area contributed by atoms with Crippen LogP contribution in [-0.2, 0) is 0 Å². The Labute approximate surface area is 116 Å². The predicted octanol–water partition coefficient (Wildman–Crippen LogP) is 2.37. The van der Waals surface area contributed by atoms with E-state index >= 15 is 0 Å². The lowest BCUT2D eigenvalue weighted by Crippen LogP contribution is -2.44. The fourth-order valence-electron chi connectivity index (χ4n) is 2.43. The SMILES string of the molecule is Cc1cccc(OC(C)CCN2CCNCC2)c1C. The van der Waals surface area contributed by atoms with Gasteiger partial charge in [0.1, 0.15) is 5.75 Å². The van der Waals surface area contributed by atoms with Crippen molar-refractivity contribution in [2.24, 2.45) is 0 Å². The molecular weight excluding hydrogens is 236 g/mol. The molecule has 0 spiro atoms. The van der Waals surface area contributed by atoms with Crippen LogP contribution in [0.4, 0.5) is 0 Å². The van der Waals surface area contributed by atoms with Crippen molar-refractivity contribution in [1.82, 2.24) is 10.2 Å². The van der Waals surface area contributed by atoms with Crippen molar-refractivity contribution in [1.29, 1.82) is 0 Å². The van der Waals surface area contributed by atoms with Gasteiger partial charge in [-0.1, -0.05) is 12.1 Å². The highest BCUT2D eigenvalue weighted by atomic mass is 16.5. The van der Waals surface area contributed by atoms with E-state index in [1.807, 2.05) is 0 Å². The molecule has 106 valence electrons. The number of nitrogens with one attached hydrogen (secondary N) is 1. The van der Waals surface area contributed by atoms with Crippen molar-refractivity contribution in [2.45, 2.75) is 33.3 Å². The maximum atomic E-state index is 6.07. The van der Waals surface area contributed by atoms with Gasteiger partial charge in [-0.2, -0.15) is 0 Å². The molecule has 0 amide bonds. The highest BCUT2D eigenvalue weighted by Crippen LogP contribution is 2.22. The van der Waals surface area contributed by atoms with Crippen LogP contribution in [0.15, 0.2) is 18.2 Å². The van der Waals surface area contributed by atoms with Gasteiger partial charge in [-0.25, -0.2) is 0 Å². The third-order valence-corrected chi connectivity index (χ3v) is 3.94. The third-order valence-electron chi connectivity index (χ3n) is 3.94. The lowest BCUT2D eigenvalue weighted by atomic mass is 10.1. The molecule has 0 radical (unpaired) electrons. The molecule has 1 N–H and O–H groups in total. The summed E-state index contributed by atoms with van der Waals surface area (Å²) in [6.45, 7) is 12.1. The van der Waals surface area contributed by atoms with Gasteiger partial charge in [-0.15, -0.1) is 0 Å². The van der Waals surface area contributed by atoms with E-state index in [1.54, 1.807) is 0 Å². The van der Waals surface area contributed by atoms with Crippen LogP contribution >= 0.6 is 0 Å². The third kappa shape index (κ3) is 4.22. The lowest BCUT2D eigenvalue weighted by Gasteiger charge is -2.28. The molecule has 1 aromatic rings. The molecule has 1 heterocycles. The minimum Gasteiger partial charge on any atom is -0.490 e. The number of ether oxygens (including phenoxy) is 1. The zero-order valence-corrected chi connectivity index (χ0v) is 12.4. The minimum atomic E-state index is 0.274. The van der Waals surface area contributed by atoms with Crippen molar-refractivity contribution in [3.8, 4) is 5.75 Å². The molecule has 3 nitrogen and oxygen atoms in total. The topological polar surface area (TPSA) is 24.5 Å². The van der Waals surface area contributed by atoms with E-state index in [9.17, 15) is 0 Å². The summed E-state index contributed by atoms with van der Waals surface area (Å²) in [5, 5.41) is 3.38. The highest BCUT2D eigenvalue weighted by Gasteiger charge is 2.12. The molecule has 3 heteroatoms. The van der Waals surface area contributed by atoms with Crippen LogP contribution in [0.25, 0.3) is 0 Å². The van der Waals surface area contributed by atoms with E-state index in [0.29, 0.717) is 0 Å². The Morgan fingerprint density at radius 1 is 1.26 bits per heavy atom. The summed E-state index contributed by atoms with van der Waals surface area (Å²) in [6, 6.07) is 6.28. The average molecular weight is 262 g/mol. The summed E-state index contributed by atoms with van der Waals surface area (Å²) >= 11 is 0. The standard InChI is InChI=1S/C16H26N2O/c1-13-5-4-6-16(15(13)3)19-14(2)7-10-18-11-8-17-9-12-18/h4-6,14,17H,7-12H2,1-3H3. The fraction of sp³-hybridized carbons (Fsp3) is 0.625. The maximum Gasteiger partial charge on any atom is 0.122 e. The minimum absolute atomic E-state index is 0.274. The monoisotopic (exact) mass is 262 g/mol. The van der Waals surface area contributed by atoms with Crippen molar-refractivity contribution >= 4 is 0 Å². The van der Waals surface area contributed by atoms with E-state index in [0.717, 1.165) is 44.9 Å². The first-order valence-electron chi connectivity index (χ1n) is 7.33. The number of hydrogen-bond donors (Lipinski definition) is 1. The summed E-state index contributed by atoms with van der Waals surface area (Å²) in [5.41, 5.74) is 2.56. The smallest absolute Gasteiger partial charge is 0.122 e. The molecule has 1 saturated heterocycles. The number of piperazine rings is 1. The summed E-state index contributed by atoms with van der Waals surface area (Å²) < 4.78 is 6.07. The Hall–Kier alpha value is -1.06. The Kier molecular flexibility index (Phi) is 5.23. The van der Waals surface area contributed by atoms with Crippen molar-refractivity contribution in [2.75, 3.05) is 32.7 Å². The second kappa shape index (κ2) is 6.92. The summed E-state index contributed by atoms with van der Waals surface area (Å²) in [5.74, 6) is 1.04. The number of rotatable bonds is 5. The second-order valence-corrected chi connectivity index (χ2v) is 5.51. The van der Waals surface area contributed by atoms with Gasteiger partial charge >= 0.3 is 0 Å². The summed E-state index contributed by atoms with van der Waals surface area (Å²) in [6.07, 6.45) is 1.36. The maximum absolute atomic E-state index is 6.07. The second-order valence-electron chi connectivity index (χ2n) is 5.51. The number of hydrogen-bond acceptors (Lipinski definition) is 3. The molecule has 19 heavy (non-hydrogen) atoms. The van der Waals surface area contributed by atoms with Gasteiger partial charge in [0.15, 0.2) is 0 Å². The van der Waals surface area contributed by atoms with Crippen LogP contribution in [0.2, 0.25) is 0 Å². The first-order valence-corrected chi connectivity index (χ1v) is 7.33. The molecule has 0 aromatic heterocycles. The number of aryl methyl sites for hydroxylation is 1. The van der Waals surface area contributed by atoms with Crippen LogP contribution < -0.4 is 10.1 Å². The fourth-order valence-corrected chi connectivity index (χ4v) is 2.43. The largest absolute Gasteiger partial charge is 0.490 e. The van der Waals surface area contributed by atoms with Crippen molar-refractivity contribution in [3.63, 3.8) is 0 Å². The van der Waals surface area contributed by atoms with Crippen LogP contribution in [0, 0.1) is 13.8 Å². The van der Waals surface area contributed by atoms with Gasteiger partial charge in [0.2, 0.25) is 0 Å². The van der Waals surface area contributed by atoms with Gasteiger partial charge < -0.3 is 15.0 Å². The summed E-state index contributed by atoms with van der Waals surface area (Å²) in [7, 11) is 0. The molecule has 1 fully saturated rings. The molecule has 0 aliphatic carbocycles. The van der Waals surface area contributed by atoms with Crippen LogP contribution in [0.3, 0.4) is 0 Å². The Morgan fingerprint density at radius 3 is 2.74 bits per heavy atom. The Balaban J connectivity index is 1.80. The molecule has 2 rings (SSSR count). The molecule has 1 unspecified atom stereocenters. The van der Waals surface area contributed by atoms with Crippen LogP contribution in [-0.4, -0.2) is 43.7 Å². The summed E-state index contributed by atoms with van der Waals surface area (Å²) in [4.78, 5) is 2.51. The Bertz CT molecular complexity index is 400. The first-order chi connectivity index (χ1) is 9.16. The first kappa shape index (κ1) is 14.4. The van der Waals surface area contributed by atoms with Crippen LogP contribution in [0.5, 0.6) is 5.75 Å². The quantitative estimate of drug-likeness (QED) is 0.881. The van der Waals surface area contributed by atoms with E-state index in [1.165, 1.54) is 11.1 Å². The van der Waals surface area contributed by atoms with Gasteiger partial charge in [0.25, 0.3) is 0 Å². The van der Waals surface area contributed by atoms with Gasteiger partial charge in [0.05, 0.1) is 6.10 Å². The van der Waals surface area contributed by atoms with E-state index < -0.39 is 0 Å². The van der Waals surface area contributed by atoms with Gasteiger partial charge in [0, 0.05) is 32.7 Å². The van der Waals surface area contributed by atoms with Crippen LogP contribution in [0.1, 0.15) is 24.5 Å². The van der Waals surface area contributed by atoms with Gasteiger partial charge in [-0.3, -0.25) is 0 Å². The Morgan fingerprint density at radius 2 is 2.00 bits per heavy atom. The zero-order valence-electron chi connectivity index (χ0n) is 12.4.